The molecule has 0 saturated heterocycles. The van der Waals surface area contributed by atoms with Crippen molar-refractivity contribution in [2.24, 2.45) is 12.0 Å². The van der Waals surface area contributed by atoms with Gasteiger partial charge in [-0.25, -0.2) is 4.79 Å². The van der Waals surface area contributed by atoms with Gasteiger partial charge in [0.05, 0.1) is 34.4 Å². The first-order chi connectivity index (χ1) is 15.9. The van der Waals surface area contributed by atoms with E-state index in [1.165, 1.54) is 41.5 Å². The van der Waals surface area contributed by atoms with Crippen LogP contribution in [-0.2, 0) is 34.2 Å². The summed E-state index contributed by atoms with van der Waals surface area (Å²) in [5.74, 6) is -0.751. The molecule has 1 aromatic carbocycles. The highest BCUT2D eigenvalue weighted by Crippen LogP contribution is 2.38. The van der Waals surface area contributed by atoms with Crippen molar-refractivity contribution in [2.75, 3.05) is 23.9 Å². The van der Waals surface area contributed by atoms with Crippen LogP contribution >= 0.6 is 34.4 Å². The number of thiophene rings is 1. The van der Waals surface area contributed by atoms with Gasteiger partial charge in [-0.05, 0) is 55.9 Å². The number of nitrogens with one attached hydrogen (secondary N) is 1. The first-order valence-electron chi connectivity index (χ1n) is 10.6. The fourth-order valence-corrected chi connectivity index (χ4v) is 6.88. The number of benzene rings is 1. The topological polar surface area (TPSA) is 89.8 Å². The maximum Gasteiger partial charge on any atom is 0.341 e. The summed E-state index contributed by atoms with van der Waals surface area (Å²) < 4.78 is 7.93. The number of esters is 1. The van der Waals surface area contributed by atoms with Gasteiger partial charge in [0, 0.05) is 11.9 Å². The third kappa shape index (κ3) is 5.23. The molecule has 2 aromatic heterocycles. The number of thioether (sulfide) groups is 1. The van der Waals surface area contributed by atoms with E-state index in [0.717, 1.165) is 51.9 Å². The number of hydrogen-bond donors (Lipinski definition) is 1. The monoisotopic (exact) mass is 503 g/mol. The minimum atomic E-state index is -0.419. The normalized spacial score (nSPS) is 13.7. The first kappa shape index (κ1) is 23.7. The molecule has 7 nitrogen and oxygen atoms in total. The van der Waals surface area contributed by atoms with Crippen LogP contribution in [0.15, 0.2) is 23.2 Å². The van der Waals surface area contributed by atoms with Gasteiger partial charge in [-0.15, -0.1) is 23.1 Å². The number of aryl methyl sites for hydroxylation is 3. The van der Waals surface area contributed by atoms with Crippen LogP contribution in [0, 0.1) is 6.92 Å². The van der Waals surface area contributed by atoms with Gasteiger partial charge in [-0.2, -0.15) is 4.99 Å². The molecule has 1 aliphatic carbocycles. The van der Waals surface area contributed by atoms with Crippen molar-refractivity contribution in [1.29, 1.82) is 0 Å². The lowest BCUT2D eigenvalue weighted by atomic mass is 9.95. The lowest BCUT2D eigenvalue weighted by molar-refractivity contribution is -0.115. The molecule has 1 aliphatic rings. The number of methoxy groups -OCH3 is 1. The zero-order valence-electron chi connectivity index (χ0n) is 18.7. The molecule has 0 atom stereocenters. The van der Waals surface area contributed by atoms with Crippen molar-refractivity contribution in [3.63, 3.8) is 0 Å². The van der Waals surface area contributed by atoms with Gasteiger partial charge in [-0.1, -0.05) is 17.4 Å². The van der Waals surface area contributed by atoms with Crippen LogP contribution in [0.25, 0.3) is 10.2 Å². The maximum absolute atomic E-state index is 12.5. The fraction of sp³-hybridized carbons (Fsp3) is 0.391. The Hall–Kier alpha value is -2.43. The predicted molar refractivity (Wildman–Crippen MR) is 134 cm³/mol. The third-order valence-corrected chi connectivity index (χ3v) is 8.68. The Kier molecular flexibility index (Phi) is 7.35. The van der Waals surface area contributed by atoms with Crippen molar-refractivity contribution in [3.8, 4) is 0 Å². The van der Waals surface area contributed by atoms with Crippen molar-refractivity contribution < 1.29 is 19.1 Å². The quantitative estimate of drug-likeness (QED) is 0.512. The number of hydrogen-bond acceptors (Lipinski definition) is 7. The molecule has 10 heteroatoms. The molecule has 0 fully saturated rings. The molecule has 2 amide bonds. The summed E-state index contributed by atoms with van der Waals surface area (Å²) >= 11 is 4.13. The van der Waals surface area contributed by atoms with Gasteiger partial charge in [0.15, 0.2) is 4.80 Å². The zero-order valence-corrected chi connectivity index (χ0v) is 21.2. The second-order valence-electron chi connectivity index (χ2n) is 7.87. The molecule has 0 aliphatic heterocycles. The number of carbonyl (C=O) groups excluding carboxylic acids is 3. The van der Waals surface area contributed by atoms with Gasteiger partial charge in [0.1, 0.15) is 5.00 Å². The third-order valence-electron chi connectivity index (χ3n) is 5.46. The summed E-state index contributed by atoms with van der Waals surface area (Å²) in [4.78, 5) is 43.2. The molecule has 1 N–H and O–H groups in total. The predicted octanol–water partition coefficient (Wildman–Crippen LogP) is 4.07. The summed E-state index contributed by atoms with van der Waals surface area (Å²) in [6, 6.07) is 6.13. The number of anilines is 1. The Morgan fingerprint density at radius 3 is 2.76 bits per heavy atom. The van der Waals surface area contributed by atoms with E-state index in [9.17, 15) is 14.4 Å². The van der Waals surface area contributed by atoms with Gasteiger partial charge in [-0.3, -0.25) is 9.59 Å². The molecule has 0 bridgehead atoms. The Labute approximate surface area is 203 Å². The molecule has 0 spiro atoms. The number of amides is 2. The highest BCUT2D eigenvalue weighted by Gasteiger charge is 2.26. The summed E-state index contributed by atoms with van der Waals surface area (Å²) in [6.45, 7) is 2.03. The van der Waals surface area contributed by atoms with Crippen LogP contribution in [0.2, 0.25) is 0 Å². The van der Waals surface area contributed by atoms with Gasteiger partial charge < -0.3 is 14.6 Å². The van der Waals surface area contributed by atoms with Crippen molar-refractivity contribution in [3.05, 3.63) is 44.6 Å². The number of nitrogens with zero attached hydrogens (tertiary/aromatic N) is 2. The van der Waals surface area contributed by atoms with Crippen LogP contribution < -0.4 is 10.1 Å². The Bertz CT molecular complexity index is 1300. The lowest BCUT2D eigenvalue weighted by Crippen LogP contribution is -2.18. The molecule has 3 aromatic rings. The number of rotatable bonds is 6. The minimum absolute atomic E-state index is 0.0994. The fourth-order valence-electron chi connectivity index (χ4n) is 3.85. The Morgan fingerprint density at radius 1 is 1.18 bits per heavy atom. The van der Waals surface area contributed by atoms with E-state index in [2.05, 4.69) is 16.4 Å². The maximum atomic E-state index is 12.5. The second kappa shape index (κ2) is 10.2. The van der Waals surface area contributed by atoms with Crippen molar-refractivity contribution in [1.82, 2.24) is 4.57 Å². The highest BCUT2D eigenvalue weighted by atomic mass is 32.2. The number of thiazole rings is 1. The standard InChI is InChI=1S/C23H25N3O4S3/c1-13-8-9-15-17(10-13)33-23(26(15)2)25-19(28)12-31-11-18(27)24-21-20(22(29)30-3)14-6-4-5-7-16(14)32-21/h8-10H,4-7,11-12H2,1-3H3,(H,24,27). The number of aromatic nitrogens is 1. The van der Waals surface area contributed by atoms with Crippen LogP contribution in [0.1, 0.15) is 39.2 Å². The average molecular weight is 504 g/mol. The van der Waals surface area contributed by atoms with Crippen LogP contribution in [0.4, 0.5) is 5.00 Å². The smallest absolute Gasteiger partial charge is 0.341 e. The van der Waals surface area contributed by atoms with E-state index in [1.54, 1.807) is 0 Å². The van der Waals surface area contributed by atoms with Gasteiger partial charge >= 0.3 is 5.97 Å². The lowest BCUT2D eigenvalue weighted by Gasteiger charge is -2.11. The molecular weight excluding hydrogens is 478 g/mol. The summed E-state index contributed by atoms with van der Waals surface area (Å²) in [5, 5.41) is 3.40. The summed E-state index contributed by atoms with van der Waals surface area (Å²) in [7, 11) is 3.24. The summed E-state index contributed by atoms with van der Waals surface area (Å²) in [5.41, 5.74) is 3.67. The molecular formula is C23H25N3O4S3. The van der Waals surface area contributed by atoms with Crippen molar-refractivity contribution >= 4 is 67.4 Å². The van der Waals surface area contributed by atoms with Crippen LogP contribution in [0.5, 0.6) is 0 Å². The number of carbonyl (C=O) groups is 3. The van der Waals surface area contributed by atoms with E-state index in [0.29, 0.717) is 15.4 Å². The summed E-state index contributed by atoms with van der Waals surface area (Å²) in [6.07, 6.45) is 3.85. The minimum Gasteiger partial charge on any atom is -0.465 e. The van der Waals surface area contributed by atoms with Crippen LogP contribution in [-0.4, -0.2) is 41.0 Å². The van der Waals surface area contributed by atoms with E-state index in [-0.39, 0.29) is 23.3 Å². The first-order valence-corrected chi connectivity index (χ1v) is 13.4. The molecule has 4 rings (SSSR count). The van der Waals surface area contributed by atoms with E-state index >= 15 is 0 Å². The number of ether oxygens (including phenoxy) is 1. The highest BCUT2D eigenvalue weighted by molar-refractivity contribution is 8.00. The van der Waals surface area contributed by atoms with Crippen molar-refractivity contribution in [2.45, 2.75) is 32.6 Å². The van der Waals surface area contributed by atoms with E-state index in [4.69, 9.17) is 4.74 Å². The Balaban J connectivity index is 1.38. The molecule has 33 heavy (non-hydrogen) atoms. The molecule has 0 saturated carbocycles. The second-order valence-corrected chi connectivity index (χ2v) is 11.0. The molecule has 0 unspecified atom stereocenters. The molecule has 2 heterocycles. The van der Waals surface area contributed by atoms with Gasteiger partial charge in [0.2, 0.25) is 5.91 Å². The SMILES string of the molecule is COC(=O)c1c(NC(=O)CSCC(=O)N=c2sc3cc(C)ccc3n2C)sc2c1CCCC2. The molecule has 174 valence electrons. The van der Waals surface area contributed by atoms with E-state index in [1.807, 2.05) is 30.7 Å². The average Bonchev–Trinajstić information content (AvgIpc) is 3.29. The van der Waals surface area contributed by atoms with Crippen LogP contribution in [0.3, 0.4) is 0 Å². The largest absolute Gasteiger partial charge is 0.465 e. The van der Waals surface area contributed by atoms with E-state index < -0.39 is 5.97 Å². The Morgan fingerprint density at radius 2 is 1.97 bits per heavy atom. The zero-order chi connectivity index (χ0) is 23.5. The van der Waals surface area contributed by atoms with Gasteiger partial charge in [0.25, 0.3) is 5.91 Å². The molecule has 0 radical (unpaired) electrons. The number of fused-ring (bicyclic) bond motifs is 2.